The van der Waals surface area contributed by atoms with Crippen LogP contribution in [-0.2, 0) is 13.1 Å². The first-order valence-corrected chi connectivity index (χ1v) is 9.49. The first kappa shape index (κ1) is 22.2. The van der Waals surface area contributed by atoms with E-state index in [0.29, 0.717) is 36.3 Å². The van der Waals surface area contributed by atoms with Gasteiger partial charge in [0.25, 0.3) is 0 Å². The van der Waals surface area contributed by atoms with Crippen molar-refractivity contribution < 1.29 is 18.9 Å². The van der Waals surface area contributed by atoms with Crippen LogP contribution in [-0.4, -0.2) is 40.4 Å². The van der Waals surface area contributed by atoms with E-state index in [1.54, 1.807) is 28.4 Å². The molecule has 7 heteroatoms. The van der Waals surface area contributed by atoms with Gasteiger partial charge in [0.15, 0.2) is 17.5 Å². The summed E-state index contributed by atoms with van der Waals surface area (Å²) in [5.74, 6) is 3.38. The molecule has 7 nitrogen and oxygen atoms in total. The third-order valence-corrected chi connectivity index (χ3v) is 4.16. The second kappa shape index (κ2) is 11.0. The highest BCUT2D eigenvalue weighted by Crippen LogP contribution is 2.38. The van der Waals surface area contributed by atoms with Gasteiger partial charge in [-0.25, -0.2) is 0 Å². The molecule has 0 saturated heterocycles. The molecule has 0 saturated carbocycles. The third-order valence-electron chi connectivity index (χ3n) is 4.16. The third kappa shape index (κ3) is 6.48. The van der Waals surface area contributed by atoms with Crippen LogP contribution < -0.4 is 29.6 Å². The van der Waals surface area contributed by atoms with Gasteiger partial charge in [-0.15, -0.1) is 0 Å². The molecular weight excluding hydrogens is 370 g/mol. The fraction of sp³-hybridized carbons (Fsp3) is 0.409. The van der Waals surface area contributed by atoms with Crippen LogP contribution in [0.4, 0.5) is 0 Å². The number of hydrogen-bond acceptors (Lipinski definition) is 5. The second-order valence-corrected chi connectivity index (χ2v) is 6.62. The Labute approximate surface area is 173 Å². The number of aliphatic imine (C=N–C) groups is 1. The Morgan fingerprint density at radius 1 is 0.862 bits per heavy atom. The van der Waals surface area contributed by atoms with Gasteiger partial charge in [0.2, 0.25) is 5.75 Å². The number of benzene rings is 2. The van der Waals surface area contributed by atoms with Crippen LogP contribution in [0.1, 0.15) is 25.0 Å². The fourth-order valence-electron chi connectivity index (χ4n) is 2.79. The van der Waals surface area contributed by atoms with Crippen molar-refractivity contribution >= 4 is 5.96 Å². The van der Waals surface area contributed by atoms with E-state index >= 15 is 0 Å². The van der Waals surface area contributed by atoms with Crippen molar-refractivity contribution in [2.24, 2.45) is 4.99 Å². The maximum absolute atomic E-state index is 5.67. The van der Waals surface area contributed by atoms with Gasteiger partial charge in [-0.3, -0.25) is 4.99 Å². The number of nitrogens with zero attached hydrogens (tertiary/aromatic N) is 1. The van der Waals surface area contributed by atoms with E-state index in [1.807, 2.05) is 50.2 Å². The molecule has 0 aliphatic rings. The predicted octanol–water partition coefficient (Wildman–Crippen LogP) is 3.36. The van der Waals surface area contributed by atoms with E-state index in [1.165, 1.54) is 0 Å². The summed E-state index contributed by atoms with van der Waals surface area (Å²) in [6.45, 7) is 5.23. The van der Waals surface area contributed by atoms with Crippen molar-refractivity contribution in [1.82, 2.24) is 10.6 Å². The number of hydrogen-bond donors (Lipinski definition) is 2. The van der Waals surface area contributed by atoms with E-state index in [2.05, 4.69) is 15.6 Å². The lowest BCUT2D eigenvalue weighted by Crippen LogP contribution is -2.36. The van der Waals surface area contributed by atoms with Crippen LogP contribution >= 0.6 is 0 Å². The summed E-state index contributed by atoms with van der Waals surface area (Å²) in [5, 5.41) is 6.60. The molecule has 2 N–H and O–H groups in total. The Morgan fingerprint density at radius 3 is 1.86 bits per heavy atom. The van der Waals surface area contributed by atoms with Crippen LogP contribution in [0.2, 0.25) is 0 Å². The molecule has 0 fully saturated rings. The standard InChI is InChI=1S/C22H31N3O4/c1-15(2)29-18-9-7-16(8-10-18)13-24-22(23-3)25-14-17-11-19(26-4)21(28-6)20(12-17)27-5/h7-12,15H,13-14H2,1-6H3,(H2,23,24,25). The van der Waals surface area contributed by atoms with Crippen molar-refractivity contribution in [1.29, 1.82) is 0 Å². The molecule has 0 aliphatic carbocycles. The lowest BCUT2D eigenvalue weighted by atomic mass is 10.2. The van der Waals surface area contributed by atoms with Gasteiger partial charge >= 0.3 is 0 Å². The van der Waals surface area contributed by atoms with Crippen LogP contribution in [0.3, 0.4) is 0 Å². The summed E-state index contributed by atoms with van der Waals surface area (Å²) in [4.78, 5) is 4.28. The quantitative estimate of drug-likeness (QED) is 0.496. The first-order valence-electron chi connectivity index (χ1n) is 9.49. The number of methoxy groups -OCH3 is 3. The molecule has 2 aromatic rings. The minimum absolute atomic E-state index is 0.164. The Kier molecular flexibility index (Phi) is 8.45. The van der Waals surface area contributed by atoms with Gasteiger partial charge in [0, 0.05) is 20.1 Å². The van der Waals surface area contributed by atoms with Gasteiger partial charge in [-0.2, -0.15) is 0 Å². The minimum atomic E-state index is 0.164. The van der Waals surface area contributed by atoms with Gasteiger partial charge < -0.3 is 29.6 Å². The molecule has 0 aromatic heterocycles. The van der Waals surface area contributed by atoms with Crippen LogP contribution in [0.25, 0.3) is 0 Å². The lowest BCUT2D eigenvalue weighted by molar-refractivity contribution is 0.242. The maximum atomic E-state index is 5.67. The van der Waals surface area contributed by atoms with Crippen LogP contribution in [0.15, 0.2) is 41.4 Å². The molecule has 0 bridgehead atoms. The molecule has 0 unspecified atom stereocenters. The number of guanidine groups is 1. The number of nitrogens with one attached hydrogen (secondary N) is 2. The lowest BCUT2D eigenvalue weighted by Gasteiger charge is -2.16. The predicted molar refractivity (Wildman–Crippen MR) is 115 cm³/mol. The average molecular weight is 402 g/mol. The minimum Gasteiger partial charge on any atom is -0.493 e. The van der Waals surface area contributed by atoms with E-state index < -0.39 is 0 Å². The second-order valence-electron chi connectivity index (χ2n) is 6.62. The molecule has 0 atom stereocenters. The van der Waals surface area contributed by atoms with Crippen molar-refractivity contribution in [2.45, 2.75) is 33.0 Å². The molecule has 2 aromatic carbocycles. The molecule has 0 spiro atoms. The van der Waals surface area contributed by atoms with Crippen molar-refractivity contribution in [3.05, 3.63) is 47.5 Å². The van der Waals surface area contributed by atoms with Crippen molar-refractivity contribution in [3.63, 3.8) is 0 Å². The van der Waals surface area contributed by atoms with Crippen LogP contribution in [0, 0.1) is 0 Å². The molecule has 0 aliphatic heterocycles. The summed E-state index contributed by atoms with van der Waals surface area (Å²) in [7, 11) is 6.54. The number of rotatable bonds is 9. The van der Waals surface area contributed by atoms with Gasteiger partial charge in [-0.1, -0.05) is 12.1 Å². The van der Waals surface area contributed by atoms with E-state index in [0.717, 1.165) is 16.9 Å². The normalized spacial score (nSPS) is 11.2. The summed E-state index contributed by atoms with van der Waals surface area (Å²) in [5.41, 5.74) is 2.12. The zero-order valence-corrected chi connectivity index (χ0v) is 18.0. The van der Waals surface area contributed by atoms with Gasteiger partial charge in [0.05, 0.1) is 27.4 Å². The summed E-state index contributed by atoms with van der Waals surface area (Å²) >= 11 is 0. The zero-order valence-electron chi connectivity index (χ0n) is 18.0. The SMILES string of the molecule is CN=C(NCc1ccc(OC(C)C)cc1)NCc1cc(OC)c(OC)c(OC)c1. The Hall–Kier alpha value is -3.09. The van der Waals surface area contributed by atoms with E-state index in [4.69, 9.17) is 18.9 Å². The molecule has 158 valence electrons. The highest BCUT2D eigenvalue weighted by Gasteiger charge is 2.13. The average Bonchev–Trinajstić information content (AvgIpc) is 2.73. The van der Waals surface area contributed by atoms with E-state index in [-0.39, 0.29) is 6.10 Å². The van der Waals surface area contributed by atoms with Gasteiger partial charge in [0.1, 0.15) is 5.75 Å². The molecule has 0 heterocycles. The highest BCUT2D eigenvalue weighted by molar-refractivity contribution is 5.79. The van der Waals surface area contributed by atoms with E-state index in [9.17, 15) is 0 Å². The summed E-state index contributed by atoms with van der Waals surface area (Å²) in [6, 6.07) is 11.9. The molecular formula is C22H31N3O4. The summed E-state index contributed by atoms with van der Waals surface area (Å²) < 4.78 is 21.8. The van der Waals surface area contributed by atoms with Gasteiger partial charge in [-0.05, 0) is 49.2 Å². The summed E-state index contributed by atoms with van der Waals surface area (Å²) in [6.07, 6.45) is 0.164. The largest absolute Gasteiger partial charge is 0.493 e. The molecule has 0 amide bonds. The molecule has 29 heavy (non-hydrogen) atoms. The monoisotopic (exact) mass is 401 g/mol. The van der Waals surface area contributed by atoms with Crippen LogP contribution in [0.5, 0.6) is 23.0 Å². The fourth-order valence-corrected chi connectivity index (χ4v) is 2.79. The Bertz CT molecular complexity index is 779. The zero-order chi connectivity index (χ0) is 21.2. The maximum Gasteiger partial charge on any atom is 0.203 e. The topological polar surface area (TPSA) is 73.3 Å². The highest BCUT2D eigenvalue weighted by atomic mass is 16.5. The molecule has 0 radical (unpaired) electrons. The smallest absolute Gasteiger partial charge is 0.203 e. The number of ether oxygens (including phenoxy) is 4. The Morgan fingerprint density at radius 2 is 1.41 bits per heavy atom. The van der Waals surface area contributed by atoms with Crippen molar-refractivity contribution in [3.8, 4) is 23.0 Å². The first-order chi connectivity index (χ1) is 14.0. The Balaban J connectivity index is 1.95. The van der Waals surface area contributed by atoms with Crippen molar-refractivity contribution in [2.75, 3.05) is 28.4 Å². The molecule has 2 rings (SSSR count).